The largest absolute Gasteiger partial charge is 0.301 e. The molecule has 0 aliphatic carbocycles. The molecule has 72 valence electrons. The van der Waals surface area contributed by atoms with E-state index in [2.05, 4.69) is 10.6 Å². The first-order valence-electron chi connectivity index (χ1n) is 3.98. The topological polar surface area (TPSA) is 24.1 Å². The molecule has 4 heteroatoms. The zero-order chi connectivity index (χ0) is 9.84. The molecule has 0 aliphatic rings. The van der Waals surface area contributed by atoms with E-state index in [1.165, 1.54) is 12.1 Å². The Labute approximate surface area is 76.0 Å². The minimum absolute atomic E-state index is 0.157. The van der Waals surface area contributed by atoms with Gasteiger partial charge in [0, 0.05) is 0 Å². The van der Waals surface area contributed by atoms with Crippen LogP contribution in [0.1, 0.15) is 11.7 Å². The highest BCUT2D eigenvalue weighted by molar-refractivity contribution is 5.20. The number of hydrogen-bond donors (Lipinski definition) is 2. The van der Waals surface area contributed by atoms with E-state index in [1.807, 2.05) is 0 Å². The van der Waals surface area contributed by atoms with E-state index in [9.17, 15) is 8.78 Å². The molecule has 1 rings (SSSR count). The molecule has 0 atom stereocenters. The van der Waals surface area contributed by atoms with Crippen molar-refractivity contribution >= 4 is 0 Å². The fraction of sp³-hybridized carbons (Fsp3) is 0.333. The van der Waals surface area contributed by atoms with Crippen molar-refractivity contribution in [3.8, 4) is 0 Å². The summed E-state index contributed by atoms with van der Waals surface area (Å²) in [6.07, 6.45) is -0.157. The fourth-order valence-corrected chi connectivity index (χ4v) is 1.17. The van der Waals surface area contributed by atoms with Gasteiger partial charge in [0.25, 0.3) is 0 Å². The van der Waals surface area contributed by atoms with E-state index in [-0.39, 0.29) is 6.17 Å². The molecule has 0 saturated carbocycles. The Morgan fingerprint density at radius 1 is 1.08 bits per heavy atom. The summed E-state index contributed by atoms with van der Waals surface area (Å²) < 4.78 is 25.3. The molecule has 1 aromatic rings. The van der Waals surface area contributed by atoms with Crippen LogP contribution in [0.3, 0.4) is 0 Å². The third kappa shape index (κ3) is 2.23. The summed E-state index contributed by atoms with van der Waals surface area (Å²) in [5, 5.41) is 5.83. The van der Waals surface area contributed by atoms with Crippen molar-refractivity contribution in [1.82, 2.24) is 10.6 Å². The van der Waals surface area contributed by atoms with Gasteiger partial charge in [-0.05, 0) is 31.8 Å². The molecule has 2 nitrogen and oxygen atoms in total. The van der Waals surface area contributed by atoms with Gasteiger partial charge in [0.1, 0.15) is 0 Å². The molecule has 0 saturated heterocycles. The van der Waals surface area contributed by atoms with Crippen molar-refractivity contribution < 1.29 is 8.78 Å². The van der Waals surface area contributed by atoms with Crippen LogP contribution in [0.5, 0.6) is 0 Å². The van der Waals surface area contributed by atoms with Gasteiger partial charge in [-0.2, -0.15) is 0 Å². The molecule has 0 radical (unpaired) electrons. The molecule has 0 spiro atoms. The van der Waals surface area contributed by atoms with Crippen molar-refractivity contribution in [2.45, 2.75) is 6.17 Å². The summed E-state index contributed by atoms with van der Waals surface area (Å²) >= 11 is 0. The molecular formula is C9H12F2N2. The monoisotopic (exact) mass is 186 g/mol. The lowest BCUT2D eigenvalue weighted by Crippen LogP contribution is -2.28. The van der Waals surface area contributed by atoms with Gasteiger partial charge in [-0.25, -0.2) is 8.78 Å². The zero-order valence-electron chi connectivity index (χ0n) is 7.57. The van der Waals surface area contributed by atoms with Crippen molar-refractivity contribution in [2.24, 2.45) is 0 Å². The predicted octanol–water partition coefficient (Wildman–Crippen LogP) is 1.40. The molecule has 0 aliphatic heterocycles. The van der Waals surface area contributed by atoms with E-state index in [4.69, 9.17) is 0 Å². The van der Waals surface area contributed by atoms with Gasteiger partial charge < -0.3 is 10.6 Å². The van der Waals surface area contributed by atoms with Gasteiger partial charge in [-0.1, -0.05) is 6.07 Å². The Kier molecular flexibility index (Phi) is 3.33. The summed E-state index contributed by atoms with van der Waals surface area (Å²) in [4.78, 5) is 0. The molecule has 0 unspecified atom stereocenters. The van der Waals surface area contributed by atoms with Crippen LogP contribution in [0.2, 0.25) is 0 Å². The van der Waals surface area contributed by atoms with Crippen LogP contribution >= 0.6 is 0 Å². The summed E-state index contributed by atoms with van der Waals surface area (Å²) in [5.41, 5.74) is 0.670. The summed E-state index contributed by atoms with van der Waals surface area (Å²) in [6, 6.07) is 3.83. The van der Waals surface area contributed by atoms with Gasteiger partial charge >= 0.3 is 0 Å². The number of benzene rings is 1. The van der Waals surface area contributed by atoms with E-state index >= 15 is 0 Å². The highest BCUT2D eigenvalue weighted by atomic mass is 19.2. The number of nitrogens with one attached hydrogen (secondary N) is 2. The summed E-state index contributed by atoms with van der Waals surface area (Å²) in [6.45, 7) is 0. The SMILES string of the molecule is CNC(NC)c1ccc(F)c(F)c1. The minimum atomic E-state index is -0.826. The van der Waals surface area contributed by atoms with Crippen molar-refractivity contribution in [3.63, 3.8) is 0 Å². The van der Waals surface area contributed by atoms with E-state index < -0.39 is 11.6 Å². The third-order valence-electron chi connectivity index (χ3n) is 1.85. The first kappa shape index (κ1) is 10.1. The fourth-order valence-electron chi connectivity index (χ4n) is 1.17. The molecule has 0 amide bonds. The van der Waals surface area contributed by atoms with Crippen LogP contribution in [0, 0.1) is 11.6 Å². The number of halogens is 2. The molecule has 1 aromatic carbocycles. The van der Waals surface area contributed by atoms with Crippen LogP contribution in [0.15, 0.2) is 18.2 Å². The summed E-state index contributed by atoms with van der Waals surface area (Å²) in [7, 11) is 3.48. The highest BCUT2D eigenvalue weighted by Crippen LogP contribution is 2.13. The van der Waals surface area contributed by atoms with Gasteiger partial charge in [-0.15, -0.1) is 0 Å². The Morgan fingerprint density at radius 3 is 2.15 bits per heavy atom. The normalized spacial score (nSPS) is 10.8. The van der Waals surface area contributed by atoms with Gasteiger partial charge in [0.15, 0.2) is 11.6 Å². The maximum Gasteiger partial charge on any atom is 0.159 e. The lowest BCUT2D eigenvalue weighted by Gasteiger charge is -2.15. The Balaban J connectivity index is 2.95. The Hall–Kier alpha value is -1.00. The molecular weight excluding hydrogens is 174 g/mol. The van der Waals surface area contributed by atoms with Crippen molar-refractivity contribution in [2.75, 3.05) is 14.1 Å². The first-order valence-corrected chi connectivity index (χ1v) is 3.98. The molecule has 0 heterocycles. The van der Waals surface area contributed by atoms with Crippen LogP contribution in [-0.4, -0.2) is 14.1 Å². The van der Waals surface area contributed by atoms with Crippen LogP contribution in [0.25, 0.3) is 0 Å². The maximum atomic E-state index is 12.8. The second kappa shape index (κ2) is 4.30. The smallest absolute Gasteiger partial charge is 0.159 e. The van der Waals surface area contributed by atoms with Gasteiger partial charge in [-0.3, -0.25) is 0 Å². The molecule has 2 N–H and O–H groups in total. The van der Waals surface area contributed by atoms with E-state index in [1.54, 1.807) is 14.1 Å². The molecule has 0 bridgehead atoms. The lowest BCUT2D eigenvalue weighted by atomic mass is 10.1. The maximum absolute atomic E-state index is 12.8. The standard InChI is InChI=1S/C9H12F2N2/c1-12-9(13-2)6-3-4-7(10)8(11)5-6/h3-5,9,12-13H,1-2H3. The number of hydrogen-bond acceptors (Lipinski definition) is 2. The van der Waals surface area contributed by atoms with E-state index in [0.29, 0.717) is 5.56 Å². The van der Waals surface area contributed by atoms with Crippen molar-refractivity contribution in [1.29, 1.82) is 0 Å². The van der Waals surface area contributed by atoms with Gasteiger partial charge in [0.05, 0.1) is 6.17 Å². The third-order valence-corrected chi connectivity index (χ3v) is 1.85. The second-order valence-corrected chi connectivity index (χ2v) is 2.68. The quantitative estimate of drug-likeness (QED) is 0.697. The highest BCUT2D eigenvalue weighted by Gasteiger charge is 2.08. The predicted molar refractivity (Wildman–Crippen MR) is 47.2 cm³/mol. The van der Waals surface area contributed by atoms with E-state index in [0.717, 1.165) is 6.07 Å². The van der Waals surface area contributed by atoms with Crippen molar-refractivity contribution in [3.05, 3.63) is 35.4 Å². The zero-order valence-corrected chi connectivity index (χ0v) is 7.57. The molecule has 0 fully saturated rings. The average molecular weight is 186 g/mol. The number of rotatable bonds is 3. The van der Waals surface area contributed by atoms with Crippen LogP contribution in [-0.2, 0) is 0 Å². The summed E-state index contributed by atoms with van der Waals surface area (Å²) in [5.74, 6) is -1.65. The second-order valence-electron chi connectivity index (χ2n) is 2.68. The lowest BCUT2D eigenvalue weighted by molar-refractivity contribution is 0.488. The average Bonchev–Trinajstić information content (AvgIpc) is 2.13. The first-order chi connectivity index (χ1) is 6.19. The Morgan fingerprint density at radius 2 is 1.69 bits per heavy atom. The molecule has 0 aromatic heterocycles. The van der Waals surface area contributed by atoms with Gasteiger partial charge in [0.2, 0.25) is 0 Å². The van der Waals surface area contributed by atoms with Crippen LogP contribution < -0.4 is 10.6 Å². The van der Waals surface area contributed by atoms with Crippen LogP contribution in [0.4, 0.5) is 8.78 Å². The minimum Gasteiger partial charge on any atom is -0.301 e. The Bertz CT molecular complexity index is 285. The molecule has 13 heavy (non-hydrogen) atoms.